The highest BCUT2D eigenvalue weighted by Gasteiger charge is 2.47. The molecule has 4 rings (SSSR count). The van der Waals surface area contributed by atoms with Crippen LogP contribution in [-0.2, 0) is 27.0 Å². The first-order valence-corrected chi connectivity index (χ1v) is 9.99. The standard InChI is InChI=1S/C21H17F6N3O4/c22-15-5-14(34-20(23)24)6-28-18(15)30-8-16(31)29(17(19(30)32)12-9-33-10-12)7-11-1-3-13(4-2-11)21(25,26)27/h1-6,12,17,20H,7-10H2/t17-/m0/s1. The lowest BCUT2D eigenvalue weighted by molar-refractivity contribution is -0.155. The Hall–Kier alpha value is -3.35. The second-order valence-electron chi connectivity index (χ2n) is 7.74. The number of amides is 2. The van der Waals surface area contributed by atoms with Crippen LogP contribution in [0.4, 0.5) is 32.2 Å². The van der Waals surface area contributed by atoms with Crippen molar-refractivity contribution in [1.82, 2.24) is 9.88 Å². The lowest BCUT2D eigenvalue weighted by Gasteiger charge is -2.45. The summed E-state index contributed by atoms with van der Waals surface area (Å²) in [5, 5.41) is 0. The third-order valence-corrected chi connectivity index (χ3v) is 5.49. The molecule has 2 saturated heterocycles. The molecule has 0 radical (unpaired) electrons. The van der Waals surface area contributed by atoms with Crippen molar-refractivity contribution in [3.8, 4) is 5.75 Å². The summed E-state index contributed by atoms with van der Waals surface area (Å²) in [5.41, 5.74) is -0.487. The summed E-state index contributed by atoms with van der Waals surface area (Å²) < 4.78 is 87.0. The molecule has 34 heavy (non-hydrogen) atoms. The van der Waals surface area contributed by atoms with Crippen LogP contribution in [0.1, 0.15) is 11.1 Å². The minimum absolute atomic E-state index is 0.144. The van der Waals surface area contributed by atoms with Crippen molar-refractivity contribution in [2.45, 2.75) is 25.4 Å². The first-order valence-electron chi connectivity index (χ1n) is 9.99. The quantitative estimate of drug-likeness (QED) is 0.583. The summed E-state index contributed by atoms with van der Waals surface area (Å²) >= 11 is 0. The van der Waals surface area contributed by atoms with E-state index in [1.54, 1.807) is 0 Å². The molecule has 182 valence electrons. The molecule has 2 fully saturated rings. The highest BCUT2D eigenvalue weighted by Crippen LogP contribution is 2.32. The summed E-state index contributed by atoms with van der Waals surface area (Å²) in [6.07, 6.45) is -3.72. The van der Waals surface area contributed by atoms with Crippen molar-refractivity contribution in [2.24, 2.45) is 5.92 Å². The lowest BCUT2D eigenvalue weighted by Crippen LogP contribution is -2.65. The smallest absolute Gasteiger partial charge is 0.416 e. The third kappa shape index (κ3) is 4.79. The normalized spacial score (nSPS) is 19.6. The Kier molecular flexibility index (Phi) is 6.39. The number of alkyl halides is 5. The summed E-state index contributed by atoms with van der Waals surface area (Å²) in [4.78, 5) is 32.0. The molecule has 13 heteroatoms. The average molecular weight is 489 g/mol. The number of carbonyl (C=O) groups excluding carboxylic acids is 2. The van der Waals surface area contributed by atoms with Crippen molar-refractivity contribution >= 4 is 17.6 Å². The second-order valence-corrected chi connectivity index (χ2v) is 7.74. The number of carbonyl (C=O) groups is 2. The van der Waals surface area contributed by atoms with Gasteiger partial charge in [0.2, 0.25) is 5.91 Å². The van der Waals surface area contributed by atoms with E-state index in [0.717, 1.165) is 23.2 Å². The van der Waals surface area contributed by atoms with Crippen molar-refractivity contribution in [3.63, 3.8) is 0 Å². The number of hydrogen-bond acceptors (Lipinski definition) is 5. The summed E-state index contributed by atoms with van der Waals surface area (Å²) in [7, 11) is 0. The molecular formula is C21H17F6N3O4. The van der Waals surface area contributed by atoms with E-state index in [9.17, 15) is 35.9 Å². The second kappa shape index (κ2) is 9.12. The van der Waals surface area contributed by atoms with Gasteiger partial charge in [-0.1, -0.05) is 12.1 Å². The van der Waals surface area contributed by atoms with Crippen LogP contribution in [0, 0.1) is 11.7 Å². The van der Waals surface area contributed by atoms with E-state index in [0.29, 0.717) is 11.6 Å². The Morgan fingerprint density at radius 1 is 1.15 bits per heavy atom. The zero-order valence-electron chi connectivity index (χ0n) is 17.3. The maximum absolute atomic E-state index is 14.6. The van der Waals surface area contributed by atoms with Crippen LogP contribution < -0.4 is 9.64 Å². The Labute approximate surface area is 188 Å². The van der Waals surface area contributed by atoms with Gasteiger partial charge < -0.3 is 14.4 Å². The van der Waals surface area contributed by atoms with E-state index < -0.39 is 66.1 Å². The number of pyridine rings is 1. The third-order valence-electron chi connectivity index (χ3n) is 5.49. The summed E-state index contributed by atoms with van der Waals surface area (Å²) in [6, 6.07) is 3.73. The SMILES string of the molecule is O=C1[C@H](C2COC2)N(Cc2ccc(C(F)(F)F)cc2)C(=O)CN1c1ncc(OC(F)F)cc1F. The Morgan fingerprint density at radius 2 is 1.82 bits per heavy atom. The molecule has 2 aliphatic rings. The average Bonchev–Trinajstić information content (AvgIpc) is 2.71. The molecule has 0 bridgehead atoms. The fourth-order valence-corrected chi connectivity index (χ4v) is 3.79. The van der Waals surface area contributed by atoms with Gasteiger partial charge in [-0.3, -0.25) is 14.5 Å². The number of benzene rings is 1. The topological polar surface area (TPSA) is 72.0 Å². The van der Waals surface area contributed by atoms with Gasteiger partial charge in [-0.25, -0.2) is 9.37 Å². The highest BCUT2D eigenvalue weighted by atomic mass is 19.4. The zero-order chi connectivity index (χ0) is 24.6. The minimum atomic E-state index is -4.52. The Morgan fingerprint density at radius 3 is 2.35 bits per heavy atom. The van der Waals surface area contributed by atoms with Crippen LogP contribution in [0.15, 0.2) is 36.5 Å². The molecule has 0 aliphatic carbocycles. The molecule has 0 unspecified atom stereocenters. The molecule has 1 aromatic carbocycles. The number of nitrogens with zero attached hydrogens (tertiary/aromatic N) is 3. The number of ether oxygens (including phenoxy) is 2. The lowest BCUT2D eigenvalue weighted by atomic mass is 9.92. The molecule has 1 aromatic heterocycles. The molecule has 3 heterocycles. The van der Waals surface area contributed by atoms with Gasteiger partial charge in [-0.15, -0.1) is 0 Å². The number of halogens is 6. The summed E-state index contributed by atoms with van der Waals surface area (Å²) in [6.45, 7) is -3.64. The van der Waals surface area contributed by atoms with Crippen molar-refractivity contribution < 1.29 is 45.4 Å². The molecule has 7 nitrogen and oxygen atoms in total. The summed E-state index contributed by atoms with van der Waals surface area (Å²) in [5.74, 6) is -3.91. The van der Waals surface area contributed by atoms with E-state index in [2.05, 4.69) is 9.72 Å². The van der Waals surface area contributed by atoms with Crippen LogP contribution in [0.5, 0.6) is 5.75 Å². The van der Waals surface area contributed by atoms with E-state index in [-0.39, 0.29) is 19.8 Å². The molecule has 0 spiro atoms. The molecule has 2 amide bonds. The van der Waals surface area contributed by atoms with Gasteiger partial charge in [-0.2, -0.15) is 22.0 Å². The molecule has 0 saturated carbocycles. The molecule has 2 aromatic rings. The van der Waals surface area contributed by atoms with Crippen molar-refractivity contribution in [1.29, 1.82) is 0 Å². The van der Waals surface area contributed by atoms with Crippen LogP contribution >= 0.6 is 0 Å². The van der Waals surface area contributed by atoms with Crippen LogP contribution in [0.3, 0.4) is 0 Å². The minimum Gasteiger partial charge on any atom is -0.433 e. The van der Waals surface area contributed by atoms with Crippen LogP contribution in [0.2, 0.25) is 0 Å². The fourth-order valence-electron chi connectivity index (χ4n) is 3.79. The van der Waals surface area contributed by atoms with Gasteiger partial charge in [-0.05, 0) is 17.7 Å². The van der Waals surface area contributed by atoms with E-state index in [1.165, 1.54) is 17.0 Å². The number of hydrogen-bond donors (Lipinski definition) is 0. The van der Waals surface area contributed by atoms with Crippen LogP contribution in [0.25, 0.3) is 0 Å². The predicted octanol–water partition coefficient (Wildman–Crippen LogP) is 3.23. The monoisotopic (exact) mass is 489 g/mol. The first kappa shape index (κ1) is 23.8. The molecule has 0 N–H and O–H groups in total. The van der Waals surface area contributed by atoms with E-state index >= 15 is 0 Å². The first-order chi connectivity index (χ1) is 16.0. The number of piperazine rings is 1. The maximum Gasteiger partial charge on any atom is 0.416 e. The highest BCUT2D eigenvalue weighted by molar-refractivity contribution is 6.06. The Bertz CT molecular complexity index is 1080. The number of rotatable bonds is 6. The van der Waals surface area contributed by atoms with Gasteiger partial charge in [0, 0.05) is 18.5 Å². The van der Waals surface area contributed by atoms with E-state index in [1.807, 2.05) is 0 Å². The van der Waals surface area contributed by atoms with Gasteiger partial charge in [0.1, 0.15) is 18.3 Å². The van der Waals surface area contributed by atoms with Crippen LogP contribution in [-0.4, -0.2) is 54.1 Å². The largest absolute Gasteiger partial charge is 0.433 e. The van der Waals surface area contributed by atoms with Gasteiger partial charge in [0.05, 0.1) is 25.0 Å². The Balaban J connectivity index is 1.59. The molecule has 1 atom stereocenters. The van der Waals surface area contributed by atoms with E-state index in [4.69, 9.17) is 4.74 Å². The zero-order valence-corrected chi connectivity index (χ0v) is 17.3. The van der Waals surface area contributed by atoms with Gasteiger partial charge in [0.15, 0.2) is 11.6 Å². The van der Waals surface area contributed by atoms with Crippen molar-refractivity contribution in [3.05, 3.63) is 53.5 Å². The van der Waals surface area contributed by atoms with Gasteiger partial charge >= 0.3 is 12.8 Å². The maximum atomic E-state index is 14.6. The van der Waals surface area contributed by atoms with Gasteiger partial charge in [0.25, 0.3) is 5.91 Å². The molecule has 2 aliphatic heterocycles. The van der Waals surface area contributed by atoms with Crippen molar-refractivity contribution in [2.75, 3.05) is 24.7 Å². The number of aromatic nitrogens is 1. The number of anilines is 1. The predicted molar refractivity (Wildman–Crippen MR) is 103 cm³/mol. The molecular weight excluding hydrogens is 472 g/mol. The fraction of sp³-hybridized carbons (Fsp3) is 0.381.